The first kappa shape index (κ1) is 17.0. The van der Waals surface area contributed by atoms with Crippen molar-refractivity contribution < 1.29 is 9.59 Å². The number of rotatable bonds is 5. The number of para-hydroxylation sites is 1. The lowest BCUT2D eigenvalue weighted by molar-refractivity contribution is -0.137. The molecular weight excluding hydrogens is 300 g/mol. The predicted octanol–water partition coefficient (Wildman–Crippen LogP) is 3.61. The van der Waals surface area contributed by atoms with E-state index in [0.29, 0.717) is 12.5 Å². The topological polar surface area (TPSA) is 49.4 Å². The van der Waals surface area contributed by atoms with Gasteiger partial charge in [0.25, 0.3) is 0 Å². The number of likely N-dealkylation sites (tertiary alicyclic amines) is 1. The molecule has 2 fully saturated rings. The molecule has 1 aliphatic carbocycles. The zero-order valence-electron chi connectivity index (χ0n) is 14.8. The van der Waals surface area contributed by atoms with Crippen molar-refractivity contribution >= 4 is 17.5 Å². The van der Waals surface area contributed by atoms with E-state index in [0.717, 1.165) is 43.5 Å². The highest BCUT2D eigenvalue weighted by molar-refractivity contribution is 6.00. The van der Waals surface area contributed by atoms with Gasteiger partial charge in [0, 0.05) is 18.3 Å². The molecule has 1 saturated heterocycles. The number of piperidine rings is 1. The van der Waals surface area contributed by atoms with Crippen molar-refractivity contribution in [2.75, 3.05) is 11.9 Å². The number of hydrogen-bond donors (Lipinski definition) is 1. The van der Waals surface area contributed by atoms with Crippen molar-refractivity contribution in [3.8, 4) is 0 Å². The Morgan fingerprint density at radius 1 is 1.17 bits per heavy atom. The summed E-state index contributed by atoms with van der Waals surface area (Å²) in [6.45, 7) is 5.09. The van der Waals surface area contributed by atoms with Crippen molar-refractivity contribution in [1.82, 2.24) is 4.90 Å². The molecule has 1 aromatic carbocycles. The zero-order valence-corrected chi connectivity index (χ0v) is 14.8. The molecule has 0 aromatic heterocycles. The summed E-state index contributed by atoms with van der Waals surface area (Å²) in [7, 11) is 0. The van der Waals surface area contributed by atoms with Gasteiger partial charge in [0.2, 0.25) is 11.8 Å². The first-order chi connectivity index (χ1) is 11.7. The van der Waals surface area contributed by atoms with Gasteiger partial charge in [-0.1, -0.05) is 32.0 Å². The van der Waals surface area contributed by atoms with Crippen LogP contribution in [0, 0.1) is 11.8 Å². The van der Waals surface area contributed by atoms with Gasteiger partial charge in [0.05, 0.1) is 11.8 Å². The summed E-state index contributed by atoms with van der Waals surface area (Å²) < 4.78 is 0. The van der Waals surface area contributed by atoms with Crippen LogP contribution in [-0.4, -0.2) is 29.3 Å². The van der Waals surface area contributed by atoms with Crippen LogP contribution < -0.4 is 5.32 Å². The second kappa shape index (κ2) is 7.37. The third-order valence-electron chi connectivity index (χ3n) is 5.48. The van der Waals surface area contributed by atoms with Crippen LogP contribution in [0.15, 0.2) is 24.3 Å². The predicted molar refractivity (Wildman–Crippen MR) is 95.7 cm³/mol. The van der Waals surface area contributed by atoms with Crippen LogP contribution in [0.2, 0.25) is 0 Å². The summed E-state index contributed by atoms with van der Waals surface area (Å²) in [6.07, 6.45) is 6.01. The molecular formula is C20H28N2O2. The van der Waals surface area contributed by atoms with Gasteiger partial charge in [-0.25, -0.2) is 0 Å². The normalized spacial score (nSPS) is 26.1. The Kier molecular flexibility index (Phi) is 5.22. The smallest absolute Gasteiger partial charge is 0.228 e. The molecule has 3 unspecified atom stereocenters. The maximum atomic E-state index is 12.8. The largest absolute Gasteiger partial charge is 0.339 e. The molecule has 0 radical (unpaired) electrons. The van der Waals surface area contributed by atoms with Crippen LogP contribution in [-0.2, 0) is 16.0 Å². The molecule has 4 nitrogen and oxygen atoms in total. The van der Waals surface area contributed by atoms with Gasteiger partial charge < -0.3 is 10.2 Å². The second-order valence-electron chi connectivity index (χ2n) is 7.04. The van der Waals surface area contributed by atoms with Crippen LogP contribution in [0.25, 0.3) is 0 Å². The van der Waals surface area contributed by atoms with E-state index in [4.69, 9.17) is 0 Å². The average Bonchev–Trinajstić information content (AvgIpc) is 3.42. The Bertz CT molecular complexity index is 613. The van der Waals surface area contributed by atoms with Crippen molar-refractivity contribution in [3.63, 3.8) is 0 Å². The van der Waals surface area contributed by atoms with Crippen molar-refractivity contribution in [2.45, 2.75) is 58.4 Å². The monoisotopic (exact) mass is 328 g/mol. The minimum absolute atomic E-state index is 0.000641. The molecule has 3 rings (SSSR count). The SMILES string of the molecule is CCc1ccccc1NC(=O)C1CC1C(=O)N1CCCCC1CC. The number of carbonyl (C=O) groups is 2. The Labute approximate surface area is 144 Å². The minimum atomic E-state index is -0.151. The van der Waals surface area contributed by atoms with E-state index in [1.807, 2.05) is 29.2 Å². The average molecular weight is 328 g/mol. The van der Waals surface area contributed by atoms with Gasteiger partial charge >= 0.3 is 0 Å². The summed E-state index contributed by atoms with van der Waals surface area (Å²) >= 11 is 0. The number of benzene rings is 1. The minimum Gasteiger partial charge on any atom is -0.339 e. The van der Waals surface area contributed by atoms with E-state index in [1.165, 1.54) is 6.42 Å². The molecule has 4 heteroatoms. The van der Waals surface area contributed by atoms with Crippen LogP contribution in [0.3, 0.4) is 0 Å². The summed E-state index contributed by atoms with van der Waals surface area (Å²) in [6, 6.07) is 8.26. The number of nitrogens with one attached hydrogen (secondary N) is 1. The van der Waals surface area contributed by atoms with E-state index in [1.54, 1.807) is 0 Å². The fourth-order valence-corrected chi connectivity index (χ4v) is 3.86. The highest BCUT2D eigenvalue weighted by atomic mass is 16.2. The molecule has 0 bridgehead atoms. The van der Waals surface area contributed by atoms with Crippen molar-refractivity contribution in [1.29, 1.82) is 0 Å². The molecule has 1 aliphatic heterocycles. The lowest BCUT2D eigenvalue weighted by atomic mass is 9.99. The fraction of sp³-hybridized carbons (Fsp3) is 0.600. The highest BCUT2D eigenvalue weighted by Gasteiger charge is 2.50. The maximum absolute atomic E-state index is 12.8. The molecule has 130 valence electrons. The molecule has 2 amide bonds. The van der Waals surface area contributed by atoms with Gasteiger partial charge in [-0.3, -0.25) is 9.59 Å². The number of anilines is 1. The number of amides is 2. The Balaban J connectivity index is 1.60. The summed E-state index contributed by atoms with van der Waals surface area (Å²) in [5.41, 5.74) is 2.02. The van der Waals surface area contributed by atoms with E-state index >= 15 is 0 Å². The van der Waals surface area contributed by atoms with E-state index < -0.39 is 0 Å². The van der Waals surface area contributed by atoms with Crippen LogP contribution in [0.4, 0.5) is 5.69 Å². The number of hydrogen-bond acceptors (Lipinski definition) is 2. The lowest BCUT2D eigenvalue weighted by Crippen LogP contribution is -2.44. The molecule has 1 N–H and O–H groups in total. The zero-order chi connectivity index (χ0) is 17.1. The van der Waals surface area contributed by atoms with E-state index in [9.17, 15) is 9.59 Å². The third-order valence-corrected chi connectivity index (χ3v) is 5.48. The molecule has 3 atom stereocenters. The molecule has 1 aromatic rings. The van der Waals surface area contributed by atoms with Gasteiger partial charge in [-0.15, -0.1) is 0 Å². The van der Waals surface area contributed by atoms with Crippen molar-refractivity contribution in [2.24, 2.45) is 11.8 Å². The Hall–Kier alpha value is -1.84. The first-order valence-corrected chi connectivity index (χ1v) is 9.35. The quantitative estimate of drug-likeness (QED) is 0.897. The fourth-order valence-electron chi connectivity index (χ4n) is 3.86. The third kappa shape index (κ3) is 3.47. The summed E-state index contributed by atoms with van der Waals surface area (Å²) in [5, 5.41) is 3.03. The highest BCUT2D eigenvalue weighted by Crippen LogP contribution is 2.42. The van der Waals surface area contributed by atoms with Crippen LogP contribution in [0.1, 0.15) is 51.5 Å². The molecule has 2 aliphatic rings. The van der Waals surface area contributed by atoms with Gasteiger partial charge in [0.1, 0.15) is 0 Å². The van der Waals surface area contributed by atoms with E-state index in [2.05, 4.69) is 19.2 Å². The summed E-state index contributed by atoms with van der Waals surface area (Å²) in [5.74, 6) is -0.0578. The molecule has 1 saturated carbocycles. The Morgan fingerprint density at radius 3 is 2.71 bits per heavy atom. The lowest BCUT2D eigenvalue weighted by Gasteiger charge is -2.35. The van der Waals surface area contributed by atoms with Gasteiger partial charge in [-0.2, -0.15) is 0 Å². The molecule has 1 heterocycles. The van der Waals surface area contributed by atoms with Crippen LogP contribution in [0.5, 0.6) is 0 Å². The van der Waals surface area contributed by atoms with Crippen LogP contribution >= 0.6 is 0 Å². The number of carbonyl (C=O) groups excluding carboxylic acids is 2. The summed E-state index contributed by atoms with van der Waals surface area (Å²) in [4.78, 5) is 27.3. The second-order valence-corrected chi connectivity index (χ2v) is 7.04. The Morgan fingerprint density at radius 2 is 1.96 bits per heavy atom. The van der Waals surface area contributed by atoms with Gasteiger partial charge in [0.15, 0.2) is 0 Å². The van der Waals surface area contributed by atoms with E-state index in [-0.39, 0.29) is 23.7 Å². The standard InChI is InChI=1S/C20H28N2O2/c1-3-14-9-5-6-11-18(14)21-19(23)16-13-17(16)20(24)22-12-8-7-10-15(22)4-2/h5-6,9,11,15-17H,3-4,7-8,10,12-13H2,1-2H3,(H,21,23). The van der Waals surface area contributed by atoms with Crippen molar-refractivity contribution in [3.05, 3.63) is 29.8 Å². The molecule has 0 spiro atoms. The number of nitrogens with zero attached hydrogens (tertiary/aromatic N) is 1. The maximum Gasteiger partial charge on any atom is 0.228 e. The molecule has 24 heavy (non-hydrogen) atoms. The first-order valence-electron chi connectivity index (χ1n) is 9.35. The van der Waals surface area contributed by atoms with Gasteiger partial charge in [-0.05, 0) is 50.2 Å². The number of aryl methyl sites for hydroxylation is 1.